The normalized spacial score (nSPS) is 0. The van der Waals surface area contributed by atoms with Crippen molar-refractivity contribution in [3.8, 4) is 0 Å². The Morgan fingerprint density at radius 1 is 0.231 bits per heavy atom. The van der Waals surface area contributed by atoms with Crippen LogP contribution in [0.3, 0.4) is 0 Å². The van der Waals surface area contributed by atoms with Crippen LogP contribution in [0.4, 0.5) is 0 Å². The van der Waals surface area contributed by atoms with E-state index in [4.69, 9.17) is 0 Å². The SMILES string of the molecule is O.O.O.O.O.O.O.O.O.[Cr].[V].[V].[V]. The summed E-state index contributed by atoms with van der Waals surface area (Å²) in [6, 6.07) is 0. The van der Waals surface area contributed by atoms with E-state index in [-0.39, 0.29) is 122 Å². The van der Waals surface area contributed by atoms with Gasteiger partial charge in [-0.25, -0.2) is 0 Å². The Hall–Kier alpha value is 1.93. The molecule has 9 nitrogen and oxygen atoms in total. The molecule has 0 aromatic rings. The molecule has 0 spiro atoms. The van der Waals surface area contributed by atoms with Gasteiger partial charge in [0.1, 0.15) is 0 Å². The third-order valence-electron chi connectivity index (χ3n) is 0. The van der Waals surface area contributed by atoms with Gasteiger partial charge in [0.2, 0.25) is 0 Å². The molecule has 0 bridgehead atoms. The smallest absolute Gasteiger partial charge is 0 e. The third kappa shape index (κ3) is 534. The van der Waals surface area contributed by atoms with E-state index in [1.54, 1.807) is 0 Å². The van der Waals surface area contributed by atoms with Crippen molar-refractivity contribution in [2.24, 2.45) is 0 Å². The molecule has 0 amide bonds. The molecule has 0 aliphatic carbocycles. The Morgan fingerprint density at radius 2 is 0.231 bits per heavy atom. The van der Waals surface area contributed by atoms with Gasteiger partial charge in [0.15, 0.2) is 0 Å². The van der Waals surface area contributed by atoms with Gasteiger partial charge in [-0.15, -0.1) is 0 Å². The minimum atomic E-state index is 0. The van der Waals surface area contributed by atoms with Gasteiger partial charge in [-0.05, 0) is 0 Å². The van der Waals surface area contributed by atoms with Crippen molar-refractivity contribution in [2.45, 2.75) is 0 Å². The molecule has 0 aromatic carbocycles. The zero-order chi connectivity index (χ0) is 0. The molecule has 0 aromatic heterocycles. The first kappa shape index (κ1) is 781. The Bertz CT molecular complexity index is 14.8. The van der Waals surface area contributed by atoms with Crippen molar-refractivity contribution >= 4 is 0 Å². The Balaban J connectivity index is 0. The number of rotatable bonds is 0. The van der Waals surface area contributed by atoms with E-state index >= 15 is 0 Å². The molecule has 0 atom stereocenters. The molecule has 0 saturated heterocycles. The number of hydrogen-bond acceptors (Lipinski definition) is 0. The molecule has 13 heteroatoms. The Labute approximate surface area is 122 Å². The van der Waals surface area contributed by atoms with Crippen LogP contribution in [-0.2, 0) is 73.0 Å². The van der Waals surface area contributed by atoms with E-state index in [0.717, 1.165) is 0 Å². The summed E-state index contributed by atoms with van der Waals surface area (Å²) in [4.78, 5) is 0. The minimum Gasteiger partial charge on any atom is -0.412 e. The Morgan fingerprint density at radius 3 is 0.231 bits per heavy atom. The van der Waals surface area contributed by atoms with Gasteiger partial charge >= 0.3 is 0 Å². The predicted octanol–water partition coefficient (Wildman–Crippen LogP) is -7.43. The second-order valence-corrected chi connectivity index (χ2v) is 0. The predicted molar refractivity (Wildman–Crippen MR) is 32.5 cm³/mol. The average Bonchev–Trinajstić information content (AvgIpc) is 0. The second-order valence-electron chi connectivity index (χ2n) is 0. The fourth-order valence-corrected chi connectivity index (χ4v) is 0. The van der Waals surface area contributed by atoms with E-state index in [0.29, 0.717) is 0 Å². The molecular weight excluding hydrogens is 349 g/mol. The fraction of sp³-hybridized carbons (Fsp3) is 0. The van der Waals surface area contributed by atoms with Crippen LogP contribution in [0.1, 0.15) is 0 Å². The van der Waals surface area contributed by atoms with Crippen LogP contribution >= 0.6 is 0 Å². The summed E-state index contributed by atoms with van der Waals surface area (Å²) in [6.07, 6.45) is 0. The van der Waals surface area contributed by atoms with Crippen molar-refractivity contribution < 1.29 is 122 Å². The molecule has 0 aliphatic rings. The molecule has 0 unspecified atom stereocenters. The van der Waals surface area contributed by atoms with E-state index in [1.165, 1.54) is 0 Å². The maximum absolute atomic E-state index is 0. The van der Waals surface area contributed by atoms with Crippen LogP contribution in [0.15, 0.2) is 0 Å². The van der Waals surface area contributed by atoms with Crippen molar-refractivity contribution in [2.75, 3.05) is 0 Å². The minimum absolute atomic E-state index is 0. The third-order valence-corrected chi connectivity index (χ3v) is 0. The van der Waals surface area contributed by atoms with Gasteiger partial charge in [0.05, 0.1) is 0 Å². The van der Waals surface area contributed by atoms with Crippen molar-refractivity contribution in [3.05, 3.63) is 0 Å². The molecule has 18 N–H and O–H groups in total. The van der Waals surface area contributed by atoms with Gasteiger partial charge in [-0.2, -0.15) is 0 Å². The van der Waals surface area contributed by atoms with Crippen LogP contribution < -0.4 is 0 Å². The molecular formula is H18CrO9V3. The first-order valence-corrected chi connectivity index (χ1v) is 0. The quantitative estimate of drug-likeness (QED) is 0.385. The second kappa shape index (κ2) is 627. The largest absolute Gasteiger partial charge is 0.412 e. The zero-order valence-corrected chi connectivity index (χ0v) is 11.7. The first-order valence-electron chi connectivity index (χ1n) is 0. The molecule has 93 valence electrons. The summed E-state index contributed by atoms with van der Waals surface area (Å²) < 4.78 is 0. The van der Waals surface area contributed by atoms with Crippen LogP contribution in [0.25, 0.3) is 0 Å². The molecule has 13 heavy (non-hydrogen) atoms. The van der Waals surface area contributed by atoms with Crippen LogP contribution in [0.2, 0.25) is 0 Å². The van der Waals surface area contributed by atoms with Crippen LogP contribution in [0, 0.1) is 0 Å². The summed E-state index contributed by atoms with van der Waals surface area (Å²) in [5.41, 5.74) is 0. The average molecular weight is 367 g/mol. The monoisotopic (exact) mass is 367 g/mol. The van der Waals surface area contributed by atoms with E-state index in [1.807, 2.05) is 0 Å². The maximum Gasteiger partial charge on any atom is 0 e. The first-order chi connectivity index (χ1) is 0. The van der Waals surface area contributed by atoms with E-state index < -0.39 is 0 Å². The zero-order valence-electron chi connectivity index (χ0n) is 6.25. The van der Waals surface area contributed by atoms with Crippen molar-refractivity contribution in [1.82, 2.24) is 0 Å². The molecule has 0 rings (SSSR count). The van der Waals surface area contributed by atoms with E-state index in [2.05, 4.69) is 0 Å². The van der Waals surface area contributed by atoms with E-state index in [9.17, 15) is 0 Å². The molecule has 0 aliphatic heterocycles. The topological polar surface area (TPSA) is 284 Å². The van der Waals surface area contributed by atoms with Gasteiger partial charge in [0.25, 0.3) is 0 Å². The van der Waals surface area contributed by atoms with Gasteiger partial charge in [-0.1, -0.05) is 0 Å². The van der Waals surface area contributed by atoms with Gasteiger partial charge < -0.3 is 49.3 Å². The standard InChI is InChI=1S/Cr.9H2O.3V/h;9*1H2;;;. The summed E-state index contributed by atoms with van der Waals surface area (Å²) in [5.74, 6) is 0. The van der Waals surface area contributed by atoms with Gasteiger partial charge in [-0.3, -0.25) is 0 Å². The van der Waals surface area contributed by atoms with Crippen molar-refractivity contribution in [1.29, 1.82) is 0 Å². The van der Waals surface area contributed by atoms with Crippen molar-refractivity contribution in [3.63, 3.8) is 0 Å². The molecule has 3 radical (unpaired) electrons. The van der Waals surface area contributed by atoms with Crippen LogP contribution in [-0.4, -0.2) is 49.3 Å². The summed E-state index contributed by atoms with van der Waals surface area (Å²) >= 11 is 0. The summed E-state index contributed by atoms with van der Waals surface area (Å²) in [5, 5.41) is 0. The summed E-state index contributed by atoms with van der Waals surface area (Å²) in [6.45, 7) is 0. The molecule has 0 heterocycles. The summed E-state index contributed by atoms with van der Waals surface area (Å²) in [7, 11) is 0. The fourth-order valence-electron chi connectivity index (χ4n) is 0. The molecule has 0 fully saturated rings. The van der Waals surface area contributed by atoms with Crippen LogP contribution in [0.5, 0.6) is 0 Å². The number of hydrogen-bond donors (Lipinski definition) is 0. The Kier molecular flexibility index (Phi) is 37700. The maximum atomic E-state index is 0. The van der Waals surface area contributed by atoms with Gasteiger partial charge in [0, 0.05) is 73.0 Å². The molecule has 0 saturated carbocycles.